The third-order valence-electron chi connectivity index (χ3n) is 3.59. The second kappa shape index (κ2) is 7.82. The number of carbonyl (C=O) groups is 1. The molecule has 4 nitrogen and oxygen atoms in total. The Kier molecular flexibility index (Phi) is 5.79. The molecule has 0 aliphatic carbocycles. The number of amides is 1. The summed E-state index contributed by atoms with van der Waals surface area (Å²) in [4.78, 5) is 12.2. The van der Waals surface area contributed by atoms with Crippen molar-refractivity contribution in [3.63, 3.8) is 0 Å². The summed E-state index contributed by atoms with van der Waals surface area (Å²) in [7, 11) is 0. The highest BCUT2D eigenvalue weighted by Gasteiger charge is 2.15. The normalized spacial score (nSPS) is 17.7. The van der Waals surface area contributed by atoms with Crippen molar-refractivity contribution in [2.24, 2.45) is 5.73 Å². The summed E-state index contributed by atoms with van der Waals surface area (Å²) in [6.07, 6.45) is 3.45. The highest BCUT2D eigenvalue weighted by atomic mass is 16.5. The Morgan fingerprint density at radius 3 is 3.05 bits per heavy atom. The zero-order chi connectivity index (χ0) is 15.1. The largest absolute Gasteiger partial charge is 0.376 e. The Morgan fingerprint density at radius 1 is 1.48 bits per heavy atom. The molecule has 0 spiro atoms. The number of nitrogens with one attached hydrogen (secondary N) is 1. The highest BCUT2D eigenvalue weighted by molar-refractivity contribution is 5.94. The van der Waals surface area contributed by atoms with E-state index in [1.807, 2.05) is 25.1 Å². The van der Waals surface area contributed by atoms with E-state index in [0.717, 1.165) is 30.6 Å². The van der Waals surface area contributed by atoms with Crippen molar-refractivity contribution < 1.29 is 9.53 Å². The first-order valence-corrected chi connectivity index (χ1v) is 7.40. The van der Waals surface area contributed by atoms with Crippen molar-refractivity contribution in [1.82, 2.24) is 5.32 Å². The lowest BCUT2D eigenvalue weighted by Crippen LogP contribution is -2.35. The maximum Gasteiger partial charge on any atom is 0.251 e. The van der Waals surface area contributed by atoms with E-state index in [1.165, 1.54) is 6.42 Å². The van der Waals surface area contributed by atoms with Crippen LogP contribution in [0.25, 0.3) is 0 Å². The molecule has 1 aromatic carbocycles. The molecule has 1 saturated heterocycles. The number of nitrogens with two attached hydrogens (primary N) is 1. The standard InChI is InChI=1S/C17H22N2O2/c1-13-7-8-15(11-14(13)5-4-9-18)17(20)19-12-16-6-2-3-10-21-16/h7-8,11,16H,2-3,6,9-10,12,18H2,1H3,(H,19,20). The summed E-state index contributed by atoms with van der Waals surface area (Å²) >= 11 is 0. The average molecular weight is 286 g/mol. The van der Waals surface area contributed by atoms with E-state index in [-0.39, 0.29) is 12.0 Å². The van der Waals surface area contributed by atoms with Gasteiger partial charge in [0.1, 0.15) is 0 Å². The van der Waals surface area contributed by atoms with Gasteiger partial charge in [-0.1, -0.05) is 17.9 Å². The number of benzene rings is 1. The van der Waals surface area contributed by atoms with Gasteiger partial charge in [0.2, 0.25) is 0 Å². The number of hydrogen-bond donors (Lipinski definition) is 2. The molecule has 1 heterocycles. The van der Waals surface area contributed by atoms with Crippen molar-refractivity contribution in [1.29, 1.82) is 0 Å². The van der Waals surface area contributed by atoms with Crippen LogP contribution in [0.1, 0.15) is 40.7 Å². The van der Waals surface area contributed by atoms with Crippen molar-refractivity contribution in [2.45, 2.75) is 32.3 Å². The number of carbonyl (C=O) groups excluding carboxylic acids is 1. The van der Waals surface area contributed by atoms with Gasteiger partial charge in [-0.3, -0.25) is 4.79 Å². The second-order valence-electron chi connectivity index (χ2n) is 5.23. The van der Waals surface area contributed by atoms with Crippen LogP contribution < -0.4 is 11.1 Å². The molecule has 0 saturated carbocycles. The molecule has 1 aromatic rings. The summed E-state index contributed by atoms with van der Waals surface area (Å²) in [5, 5.41) is 2.93. The minimum absolute atomic E-state index is 0.0834. The van der Waals surface area contributed by atoms with Crippen LogP contribution >= 0.6 is 0 Å². The molecule has 112 valence electrons. The van der Waals surface area contributed by atoms with E-state index in [4.69, 9.17) is 10.5 Å². The molecular formula is C17H22N2O2. The van der Waals surface area contributed by atoms with E-state index < -0.39 is 0 Å². The average Bonchev–Trinajstić information content (AvgIpc) is 2.53. The third-order valence-corrected chi connectivity index (χ3v) is 3.59. The lowest BCUT2D eigenvalue weighted by Gasteiger charge is -2.22. The molecule has 1 unspecified atom stereocenters. The van der Waals surface area contributed by atoms with Gasteiger partial charge in [-0.05, 0) is 43.9 Å². The molecule has 4 heteroatoms. The SMILES string of the molecule is Cc1ccc(C(=O)NCC2CCCCO2)cc1C#CCN. The zero-order valence-electron chi connectivity index (χ0n) is 12.4. The van der Waals surface area contributed by atoms with Crippen molar-refractivity contribution in [2.75, 3.05) is 19.7 Å². The minimum Gasteiger partial charge on any atom is -0.376 e. The minimum atomic E-state index is -0.0834. The molecule has 1 atom stereocenters. The quantitative estimate of drug-likeness (QED) is 0.830. The predicted molar refractivity (Wildman–Crippen MR) is 83.0 cm³/mol. The second-order valence-corrected chi connectivity index (χ2v) is 5.23. The Balaban J connectivity index is 1.98. The summed E-state index contributed by atoms with van der Waals surface area (Å²) in [6.45, 7) is 3.65. The molecule has 3 N–H and O–H groups in total. The molecule has 21 heavy (non-hydrogen) atoms. The summed E-state index contributed by atoms with van der Waals surface area (Å²) in [6, 6.07) is 5.54. The number of aryl methyl sites for hydroxylation is 1. The molecule has 0 radical (unpaired) electrons. The lowest BCUT2D eigenvalue weighted by molar-refractivity contribution is 0.0169. The molecule has 1 fully saturated rings. The van der Waals surface area contributed by atoms with Gasteiger partial charge in [0.15, 0.2) is 0 Å². The fourth-order valence-corrected chi connectivity index (χ4v) is 2.32. The van der Waals surface area contributed by atoms with E-state index in [0.29, 0.717) is 18.7 Å². The van der Waals surface area contributed by atoms with Crippen LogP contribution in [0.2, 0.25) is 0 Å². The first-order valence-electron chi connectivity index (χ1n) is 7.40. The molecular weight excluding hydrogens is 264 g/mol. The zero-order valence-corrected chi connectivity index (χ0v) is 12.4. The molecule has 2 rings (SSSR count). The van der Waals surface area contributed by atoms with Gasteiger partial charge >= 0.3 is 0 Å². The Hall–Kier alpha value is -1.83. The Bertz CT molecular complexity index is 552. The monoisotopic (exact) mass is 286 g/mol. The summed E-state index contributed by atoms with van der Waals surface area (Å²) in [5.41, 5.74) is 7.90. The van der Waals surface area contributed by atoms with Gasteiger partial charge in [-0.25, -0.2) is 0 Å². The van der Waals surface area contributed by atoms with Gasteiger partial charge in [0.05, 0.1) is 12.6 Å². The van der Waals surface area contributed by atoms with Crippen LogP contribution in [0.4, 0.5) is 0 Å². The first-order chi connectivity index (χ1) is 10.2. The number of ether oxygens (including phenoxy) is 1. The number of hydrogen-bond acceptors (Lipinski definition) is 3. The van der Waals surface area contributed by atoms with Gasteiger partial charge in [-0.2, -0.15) is 0 Å². The van der Waals surface area contributed by atoms with Crippen LogP contribution in [0, 0.1) is 18.8 Å². The Labute approximate surface area is 126 Å². The molecule has 1 aliphatic heterocycles. The van der Waals surface area contributed by atoms with E-state index >= 15 is 0 Å². The van der Waals surface area contributed by atoms with Crippen molar-refractivity contribution in [3.05, 3.63) is 34.9 Å². The molecule has 1 aliphatic rings. The molecule has 0 bridgehead atoms. The maximum absolute atomic E-state index is 12.2. The van der Waals surface area contributed by atoms with E-state index in [9.17, 15) is 4.79 Å². The van der Waals surface area contributed by atoms with E-state index in [2.05, 4.69) is 17.2 Å². The summed E-state index contributed by atoms with van der Waals surface area (Å²) < 4.78 is 5.61. The van der Waals surface area contributed by atoms with Crippen LogP contribution in [0.3, 0.4) is 0 Å². The van der Waals surface area contributed by atoms with Crippen LogP contribution in [-0.2, 0) is 4.74 Å². The lowest BCUT2D eigenvalue weighted by atomic mass is 10.0. The van der Waals surface area contributed by atoms with Gasteiger partial charge in [0, 0.05) is 24.3 Å². The summed E-state index contributed by atoms with van der Waals surface area (Å²) in [5.74, 6) is 5.73. The van der Waals surface area contributed by atoms with Crippen LogP contribution in [0.5, 0.6) is 0 Å². The smallest absolute Gasteiger partial charge is 0.251 e. The fraction of sp³-hybridized carbons (Fsp3) is 0.471. The van der Waals surface area contributed by atoms with Crippen molar-refractivity contribution >= 4 is 5.91 Å². The van der Waals surface area contributed by atoms with Crippen LogP contribution in [0.15, 0.2) is 18.2 Å². The maximum atomic E-state index is 12.2. The first kappa shape index (κ1) is 15.6. The van der Waals surface area contributed by atoms with Crippen LogP contribution in [-0.4, -0.2) is 31.7 Å². The van der Waals surface area contributed by atoms with Gasteiger partial charge in [0.25, 0.3) is 5.91 Å². The number of rotatable bonds is 3. The molecule has 1 amide bonds. The van der Waals surface area contributed by atoms with Gasteiger partial charge < -0.3 is 15.8 Å². The third kappa shape index (κ3) is 4.59. The predicted octanol–water partition coefficient (Wildman–Crippen LogP) is 1.60. The highest BCUT2D eigenvalue weighted by Crippen LogP contribution is 2.13. The topological polar surface area (TPSA) is 64.3 Å². The fourth-order valence-electron chi connectivity index (χ4n) is 2.32. The molecule has 0 aromatic heterocycles. The Morgan fingerprint density at radius 2 is 2.33 bits per heavy atom. The van der Waals surface area contributed by atoms with Crippen molar-refractivity contribution in [3.8, 4) is 11.8 Å². The van der Waals surface area contributed by atoms with Gasteiger partial charge in [-0.15, -0.1) is 0 Å². The van der Waals surface area contributed by atoms with E-state index in [1.54, 1.807) is 0 Å².